The first-order chi connectivity index (χ1) is 10.9. The topological polar surface area (TPSA) is 86.9 Å². The first-order valence-electron chi connectivity index (χ1n) is 7.61. The first kappa shape index (κ1) is 15.5. The van der Waals surface area contributed by atoms with Gasteiger partial charge in [0.2, 0.25) is 0 Å². The van der Waals surface area contributed by atoms with E-state index in [1.54, 1.807) is 11.8 Å². The quantitative estimate of drug-likeness (QED) is 0.683. The number of carbonyl (C=O) groups is 1. The van der Waals surface area contributed by atoms with Crippen LogP contribution < -0.4 is 4.90 Å². The highest BCUT2D eigenvalue weighted by Crippen LogP contribution is 2.47. The van der Waals surface area contributed by atoms with E-state index in [1.165, 1.54) is 17.0 Å². The Kier molecular flexibility index (Phi) is 3.83. The van der Waals surface area contributed by atoms with Gasteiger partial charge in [0.25, 0.3) is 5.69 Å². The van der Waals surface area contributed by atoms with Crippen LogP contribution in [0.3, 0.4) is 0 Å². The molecule has 1 saturated carbocycles. The Morgan fingerprint density at radius 2 is 2.09 bits per heavy atom. The zero-order valence-electron chi connectivity index (χ0n) is 12.7. The van der Waals surface area contributed by atoms with Gasteiger partial charge in [0.1, 0.15) is 0 Å². The largest absolute Gasteiger partial charge is 0.465 e. The number of hydrogen-bond donors (Lipinski definition) is 1. The van der Waals surface area contributed by atoms with Crippen LogP contribution in [0.4, 0.5) is 20.6 Å². The van der Waals surface area contributed by atoms with Gasteiger partial charge < -0.3 is 14.9 Å². The van der Waals surface area contributed by atoms with E-state index >= 15 is 0 Å². The molecule has 1 atom stereocenters. The standard InChI is InChI=1S/C15H18FN3O4/c1-9-8-17(6-7-18(9)15(20)21)12-5-4-11(19(22)23)13(14(12)16)10-2-3-10/h4-5,9-10H,2-3,6-8H2,1H3,(H,20,21). The van der Waals surface area contributed by atoms with E-state index in [0.29, 0.717) is 18.8 Å². The lowest BCUT2D eigenvalue weighted by atomic mass is 10.0. The molecule has 1 amide bonds. The molecule has 0 spiro atoms. The van der Waals surface area contributed by atoms with Gasteiger partial charge in [0.05, 0.1) is 16.2 Å². The molecule has 1 saturated heterocycles. The molecule has 8 heteroatoms. The highest BCUT2D eigenvalue weighted by molar-refractivity contribution is 5.66. The molecule has 124 valence electrons. The van der Waals surface area contributed by atoms with Crippen molar-refractivity contribution in [2.75, 3.05) is 24.5 Å². The number of rotatable bonds is 3. The molecule has 0 bridgehead atoms. The van der Waals surface area contributed by atoms with Crippen molar-refractivity contribution in [2.24, 2.45) is 0 Å². The maximum atomic E-state index is 14.9. The number of hydrogen-bond acceptors (Lipinski definition) is 4. The molecule has 1 heterocycles. The van der Waals surface area contributed by atoms with Gasteiger partial charge in [0, 0.05) is 31.7 Å². The first-order valence-corrected chi connectivity index (χ1v) is 7.61. The van der Waals surface area contributed by atoms with Crippen molar-refractivity contribution >= 4 is 17.5 Å². The Bertz CT molecular complexity index is 662. The Balaban J connectivity index is 1.91. The third-order valence-corrected chi connectivity index (χ3v) is 4.53. The van der Waals surface area contributed by atoms with Crippen LogP contribution in [-0.2, 0) is 0 Å². The summed E-state index contributed by atoms with van der Waals surface area (Å²) in [6, 6.07) is 2.53. The number of piperazine rings is 1. The van der Waals surface area contributed by atoms with E-state index in [-0.39, 0.29) is 29.8 Å². The summed E-state index contributed by atoms with van der Waals surface area (Å²) < 4.78 is 14.9. The minimum atomic E-state index is -0.986. The maximum Gasteiger partial charge on any atom is 0.407 e. The van der Waals surface area contributed by atoms with Crippen LogP contribution in [0.15, 0.2) is 12.1 Å². The lowest BCUT2D eigenvalue weighted by Gasteiger charge is -2.39. The van der Waals surface area contributed by atoms with Crippen LogP contribution >= 0.6 is 0 Å². The van der Waals surface area contributed by atoms with E-state index in [4.69, 9.17) is 5.11 Å². The zero-order chi connectivity index (χ0) is 16.7. The Morgan fingerprint density at radius 3 is 2.61 bits per heavy atom. The summed E-state index contributed by atoms with van der Waals surface area (Å²) in [7, 11) is 0. The van der Waals surface area contributed by atoms with Gasteiger partial charge in [0.15, 0.2) is 5.82 Å². The van der Waals surface area contributed by atoms with Crippen molar-refractivity contribution in [3.63, 3.8) is 0 Å². The molecule has 1 aromatic rings. The summed E-state index contributed by atoms with van der Waals surface area (Å²) in [5.74, 6) is -0.606. The van der Waals surface area contributed by atoms with Crippen LogP contribution in [0.2, 0.25) is 0 Å². The average molecular weight is 323 g/mol. The molecule has 1 unspecified atom stereocenters. The summed E-state index contributed by atoms with van der Waals surface area (Å²) in [6.45, 7) is 2.79. The number of nitro benzene ring substituents is 1. The minimum Gasteiger partial charge on any atom is -0.465 e. The average Bonchev–Trinajstić information content (AvgIpc) is 3.30. The zero-order valence-corrected chi connectivity index (χ0v) is 12.7. The minimum absolute atomic E-state index is 0.0758. The SMILES string of the molecule is CC1CN(c2ccc([N+](=O)[O-])c(C3CC3)c2F)CCN1C(=O)O. The summed E-state index contributed by atoms with van der Waals surface area (Å²) >= 11 is 0. The van der Waals surface area contributed by atoms with Crippen molar-refractivity contribution in [2.45, 2.75) is 31.7 Å². The molecular weight excluding hydrogens is 305 g/mol. The number of benzene rings is 1. The van der Waals surface area contributed by atoms with Crippen LogP contribution in [-0.4, -0.2) is 46.7 Å². The lowest BCUT2D eigenvalue weighted by Crippen LogP contribution is -2.54. The predicted molar refractivity (Wildman–Crippen MR) is 81.4 cm³/mol. The highest BCUT2D eigenvalue weighted by atomic mass is 19.1. The summed E-state index contributed by atoms with van der Waals surface area (Å²) in [4.78, 5) is 24.8. The molecule has 0 aromatic heterocycles. The van der Waals surface area contributed by atoms with Gasteiger partial charge in [-0.15, -0.1) is 0 Å². The van der Waals surface area contributed by atoms with Crippen LogP contribution in [0.5, 0.6) is 0 Å². The van der Waals surface area contributed by atoms with Gasteiger partial charge >= 0.3 is 6.09 Å². The van der Waals surface area contributed by atoms with E-state index in [1.807, 2.05) is 0 Å². The van der Waals surface area contributed by atoms with Crippen molar-refractivity contribution in [3.8, 4) is 0 Å². The molecular formula is C15H18FN3O4. The van der Waals surface area contributed by atoms with E-state index < -0.39 is 16.8 Å². The molecule has 1 aliphatic carbocycles. The number of halogens is 1. The fraction of sp³-hybridized carbons (Fsp3) is 0.533. The fourth-order valence-electron chi connectivity index (χ4n) is 3.20. The summed E-state index contributed by atoms with van der Waals surface area (Å²) in [6.07, 6.45) is 0.550. The van der Waals surface area contributed by atoms with Crippen LogP contribution in [0.1, 0.15) is 31.2 Å². The molecule has 23 heavy (non-hydrogen) atoms. The van der Waals surface area contributed by atoms with Crippen molar-refractivity contribution < 1.29 is 19.2 Å². The molecule has 7 nitrogen and oxygen atoms in total. The van der Waals surface area contributed by atoms with E-state index in [0.717, 1.165) is 12.8 Å². The Hall–Kier alpha value is -2.38. The van der Waals surface area contributed by atoms with Gasteiger partial charge in [-0.1, -0.05) is 0 Å². The second-order valence-electron chi connectivity index (χ2n) is 6.13. The third-order valence-electron chi connectivity index (χ3n) is 4.53. The predicted octanol–water partition coefficient (Wildman–Crippen LogP) is 2.80. The van der Waals surface area contributed by atoms with Gasteiger partial charge in [-0.3, -0.25) is 10.1 Å². The van der Waals surface area contributed by atoms with Gasteiger partial charge in [-0.05, 0) is 31.7 Å². The van der Waals surface area contributed by atoms with Crippen LogP contribution in [0, 0.1) is 15.9 Å². The second-order valence-corrected chi connectivity index (χ2v) is 6.13. The smallest absolute Gasteiger partial charge is 0.407 e. The molecule has 1 N–H and O–H groups in total. The fourth-order valence-corrected chi connectivity index (χ4v) is 3.20. The lowest BCUT2D eigenvalue weighted by molar-refractivity contribution is -0.385. The number of anilines is 1. The van der Waals surface area contributed by atoms with Gasteiger partial charge in [-0.25, -0.2) is 9.18 Å². The Morgan fingerprint density at radius 1 is 1.39 bits per heavy atom. The molecule has 0 radical (unpaired) electrons. The number of nitro groups is 1. The highest BCUT2D eigenvalue weighted by Gasteiger charge is 2.36. The summed E-state index contributed by atoms with van der Waals surface area (Å²) in [5.41, 5.74) is 0.362. The summed E-state index contributed by atoms with van der Waals surface area (Å²) in [5, 5.41) is 20.2. The van der Waals surface area contributed by atoms with Crippen molar-refractivity contribution in [3.05, 3.63) is 33.6 Å². The normalized spacial score (nSPS) is 21.4. The van der Waals surface area contributed by atoms with Crippen LogP contribution in [0.25, 0.3) is 0 Å². The van der Waals surface area contributed by atoms with Gasteiger partial charge in [-0.2, -0.15) is 0 Å². The number of nitrogens with zero attached hydrogens (tertiary/aromatic N) is 3. The second kappa shape index (κ2) is 5.68. The number of amides is 1. The molecule has 2 aliphatic rings. The molecule has 1 aliphatic heterocycles. The van der Waals surface area contributed by atoms with Crippen molar-refractivity contribution in [1.82, 2.24) is 4.90 Å². The molecule has 2 fully saturated rings. The molecule has 1 aromatic carbocycles. The third kappa shape index (κ3) is 2.80. The van der Waals surface area contributed by atoms with Crippen molar-refractivity contribution in [1.29, 1.82) is 0 Å². The number of carboxylic acid groups (broad SMARTS) is 1. The maximum absolute atomic E-state index is 14.9. The molecule has 3 rings (SSSR count). The van der Waals surface area contributed by atoms with E-state index in [9.17, 15) is 19.3 Å². The van der Waals surface area contributed by atoms with E-state index in [2.05, 4.69) is 0 Å². The monoisotopic (exact) mass is 323 g/mol. The Labute approximate surface area is 132 Å².